The zero-order valence-corrected chi connectivity index (χ0v) is 8.94. The van der Waals surface area contributed by atoms with E-state index in [-0.39, 0.29) is 0 Å². The minimum Gasteiger partial charge on any atom is -0.399 e. The molecule has 1 aromatic carbocycles. The lowest BCUT2D eigenvalue weighted by Crippen LogP contribution is -2.00. The van der Waals surface area contributed by atoms with Crippen LogP contribution in [0.3, 0.4) is 0 Å². The molecule has 2 N–H and O–H groups in total. The summed E-state index contributed by atoms with van der Waals surface area (Å²) in [6, 6.07) is 5.92. The fraction of sp³-hybridized carbons (Fsp3) is 0.273. The van der Waals surface area contributed by atoms with E-state index in [2.05, 4.69) is 17.1 Å². The largest absolute Gasteiger partial charge is 0.399 e. The molecule has 1 aromatic heterocycles. The average molecular weight is 202 g/mol. The highest BCUT2D eigenvalue weighted by Gasteiger charge is 2.04. The summed E-state index contributed by atoms with van der Waals surface area (Å²) in [5, 5.41) is 7.95. The molecule has 4 heteroatoms. The third-order valence-electron chi connectivity index (χ3n) is 2.47. The van der Waals surface area contributed by atoms with Gasteiger partial charge in [-0.1, -0.05) is 6.92 Å². The Morgan fingerprint density at radius 3 is 2.87 bits per heavy atom. The first kappa shape index (κ1) is 9.71. The molecule has 0 aliphatic carbocycles. The van der Waals surface area contributed by atoms with E-state index in [4.69, 9.17) is 5.73 Å². The van der Waals surface area contributed by atoms with Gasteiger partial charge in [0.25, 0.3) is 0 Å². The summed E-state index contributed by atoms with van der Waals surface area (Å²) in [6.07, 6.45) is 2.59. The summed E-state index contributed by atoms with van der Waals surface area (Å²) in [4.78, 5) is 0. The van der Waals surface area contributed by atoms with Crippen molar-refractivity contribution in [1.29, 1.82) is 0 Å². The molecule has 2 aromatic rings. The third kappa shape index (κ3) is 1.70. The van der Waals surface area contributed by atoms with E-state index < -0.39 is 0 Å². The molecule has 0 saturated carbocycles. The maximum Gasteiger partial charge on any atom is 0.137 e. The number of aromatic nitrogens is 3. The number of anilines is 1. The summed E-state index contributed by atoms with van der Waals surface area (Å²) in [7, 11) is 0. The van der Waals surface area contributed by atoms with Gasteiger partial charge in [-0.05, 0) is 30.7 Å². The topological polar surface area (TPSA) is 56.7 Å². The number of benzene rings is 1. The number of hydrogen-bond donors (Lipinski definition) is 1. The van der Waals surface area contributed by atoms with Crippen molar-refractivity contribution in [3.63, 3.8) is 0 Å². The van der Waals surface area contributed by atoms with Crippen molar-refractivity contribution in [2.45, 2.75) is 20.3 Å². The second-order valence-corrected chi connectivity index (χ2v) is 3.51. The summed E-state index contributed by atoms with van der Waals surface area (Å²) >= 11 is 0. The summed E-state index contributed by atoms with van der Waals surface area (Å²) in [5.41, 5.74) is 8.71. The normalized spacial score (nSPS) is 10.5. The number of hydrogen-bond acceptors (Lipinski definition) is 3. The van der Waals surface area contributed by atoms with E-state index in [1.54, 1.807) is 6.33 Å². The van der Waals surface area contributed by atoms with Gasteiger partial charge in [-0.15, -0.1) is 10.2 Å². The lowest BCUT2D eigenvalue weighted by molar-refractivity contribution is 0.882. The Hall–Kier alpha value is -1.84. The average Bonchev–Trinajstić information content (AvgIpc) is 2.70. The van der Waals surface area contributed by atoms with E-state index in [1.165, 1.54) is 0 Å². The second kappa shape index (κ2) is 3.73. The highest BCUT2D eigenvalue weighted by atomic mass is 15.3. The molecular weight excluding hydrogens is 188 g/mol. The van der Waals surface area contributed by atoms with Crippen molar-refractivity contribution in [3.8, 4) is 5.69 Å². The lowest BCUT2D eigenvalue weighted by atomic mass is 10.2. The Morgan fingerprint density at radius 2 is 2.20 bits per heavy atom. The predicted octanol–water partition coefficient (Wildman–Crippen LogP) is 1.72. The van der Waals surface area contributed by atoms with Crippen LogP contribution in [0.1, 0.15) is 18.3 Å². The van der Waals surface area contributed by atoms with E-state index >= 15 is 0 Å². The molecule has 0 amide bonds. The Labute approximate surface area is 88.8 Å². The number of nitrogens with two attached hydrogens (primary N) is 1. The summed E-state index contributed by atoms with van der Waals surface area (Å²) in [5.74, 6) is 0.958. The Kier molecular flexibility index (Phi) is 2.41. The van der Waals surface area contributed by atoms with Gasteiger partial charge in [0.1, 0.15) is 12.2 Å². The van der Waals surface area contributed by atoms with Crippen molar-refractivity contribution in [3.05, 3.63) is 35.9 Å². The monoisotopic (exact) mass is 202 g/mol. The first-order chi connectivity index (χ1) is 7.22. The van der Waals surface area contributed by atoms with Gasteiger partial charge >= 0.3 is 0 Å². The Balaban J connectivity index is 2.50. The first-order valence-electron chi connectivity index (χ1n) is 4.97. The standard InChI is InChI=1S/C11H14N4/c1-3-11-14-13-7-15(11)9-4-5-10(12)8(2)6-9/h4-7H,3,12H2,1-2H3. The van der Waals surface area contributed by atoms with E-state index in [1.807, 2.05) is 29.7 Å². The Morgan fingerprint density at radius 1 is 1.40 bits per heavy atom. The van der Waals surface area contributed by atoms with Gasteiger partial charge in [-0.25, -0.2) is 0 Å². The molecule has 2 rings (SSSR count). The van der Waals surface area contributed by atoms with E-state index in [0.29, 0.717) is 0 Å². The van der Waals surface area contributed by atoms with Crippen molar-refractivity contribution in [2.75, 3.05) is 5.73 Å². The molecule has 0 radical (unpaired) electrons. The van der Waals surface area contributed by atoms with Crippen molar-refractivity contribution < 1.29 is 0 Å². The lowest BCUT2D eigenvalue weighted by Gasteiger charge is -2.07. The maximum atomic E-state index is 5.77. The van der Waals surface area contributed by atoms with Gasteiger partial charge in [-0.3, -0.25) is 4.57 Å². The molecule has 0 spiro atoms. The molecular formula is C11H14N4. The third-order valence-corrected chi connectivity index (χ3v) is 2.47. The summed E-state index contributed by atoms with van der Waals surface area (Å²) < 4.78 is 1.98. The van der Waals surface area contributed by atoms with E-state index in [9.17, 15) is 0 Å². The molecule has 0 fully saturated rings. The SMILES string of the molecule is CCc1nncn1-c1ccc(N)c(C)c1. The first-order valence-corrected chi connectivity index (χ1v) is 4.97. The second-order valence-electron chi connectivity index (χ2n) is 3.51. The van der Waals surface area contributed by atoms with Crippen LogP contribution in [0.5, 0.6) is 0 Å². The van der Waals surface area contributed by atoms with Gasteiger partial charge < -0.3 is 5.73 Å². The van der Waals surface area contributed by atoms with Gasteiger partial charge in [0.15, 0.2) is 0 Å². The predicted molar refractivity (Wildman–Crippen MR) is 59.9 cm³/mol. The molecule has 0 aliphatic heterocycles. The minimum absolute atomic E-state index is 0.810. The van der Waals surface area contributed by atoms with Crippen LogP contribution in [0.15, 0.2) is 24.5 Å². The smallest absolute Gasteiger partial charge is 0.137 e. The highest BCUT2D eigenvalue weighted by molar-refractivity contribution is 5.52. The fourth-order valence-corrected chi connectivity index (χ4v) is 1.53. The molecule has 0 atom stereocenters. The molecule has 1 heterocycles. The van der Waals surface area contributed by atoms with Gasteiger partial charge in [0, 0.05) is 17.8 Å². The Bertz CT molecular complexity index is 473. The van der Waals surface area contributed by atoms with Crippen molar-refractivity contribution in [2.24, 2.45) is 0 Å². The molecule has 15 heavy (non-hydrogen) atoms. The van der Waals surface area contributed by atoms with E-state index in [0.717, 1.165) is 29.2 Å². The molecule has 4 nitrogen and oxygen atoms in total. The van der Waals surface area contributed by atoms with Crippen LogP contribution in [0.25, 0.3) is 5.69 Å². The minimum atomic E-state index is 0.810. The highest BCUT2D eigenvalue weighted by Crippen LogP contribution is 2.17. The molecule has 0 saturated heterocycles. The van der Waals surface area contributed by atoms with Crippen LogP contribution in [-0.2, 0) is 6.42 Å². The van der Waals surface area contributed by atoms with Gasteiger partial charge in [0.2, 0.25) is 0 Å². The molecule has 0 aliphatic rings. The van der Waals surface area contributed by atoms with Crippen LogP contribution in [-0.4, -0.2) is 14.8 Å². The van der Waals surface area contributed by atoms with Crippen LogP contribution in [0.4, 0.5) is 5.69 Å². The van der Waals surface area contributed by atoms with Crippen molar-refractivity contribution >= 4 is 5.69 Å². The zero-order chi connectivity index (χ0) is 10.8. The van der Waals surface area contributed by atoms with Crippen LogP contribution < -0.4 is 5.73 Å². The van der Waals surface area contributed by atoms with Gasteiger partial charge in [-0.2, -0.15) is 0 Å². The molecule has 0 unspecified atom stereocenters. The number of nitrogen functional groups attached to an aromatic ring is 1. The number of rotatable bonds is 2. The maximum absolute atomic E-state index is 5.77. The van der Waals surface area contributed by atoms with Crippen LogP contribution in [0.2, 0.25) is 0 Å². The van der Waals surface area contributed by atoms with Gasteiger partial charge in [0.05, 0.1) is 0 Å². The molecule has 78 valence electrons. The van der Waals surface area contributed by atoms with Crippen LogP contribution in [0, 0.1) is 6.92 Å². The zero-order valence-electron chi connectivity index (χ0n) is 8.94. The van der Waals surface area contributed by atoms with Crippen LogP contribution >= 0.6 is 0 Å². The number of nitrogens with zero attached hydrogens (tertiary/aromatic N) is 3. The fourth-order valence-electron chi connectivity index (χ4n) is 1.53. The number of aryl methyl sites for hydroxylation is 2. The molecule has 0 bridgehead atoms. The quantitative estimate of drug-likeness (QED) is 0.754. The van der Waals surface area contributed by atoms with Crippen molar-refractivity contribution in [1.82, 2.24) is 14.8 Å². The summed E-state index contributed by atoms with van der Waals surface area (Å²) in [6.45, 7) is 4.06.